The van der Waals surface area contributed by atoms with Gasteiger partial charge >= 0.3 is 5.97 Å². The second-order valence-electron chi connectivity index (χ2n) is 5.62. The van der Waals surface area contributed by atoms with Crippen molar-refractivity contribution >= 4 is 5.97 Å². The molecule has 2 N–H and O–H groups in total. The summed E-state index contributed by atoms with van der Waals surface area (Å²) in [5.74, 6) is -0.473. The van der Waals surface area contributed by atoms with Gasteiger partial charge in [-0.25, -0.2) is 0 Å². The topological polar surface area (TPSA) is 52.6 Å². The largest absolute Gasteiger partial charge is 0.480 e. The van der Waals surface area contributed by atoms with Crippen LogP contribution in [0, 0.1) is 5.92 Å². The molecule has 0 aromatic rings. The maximum atomic E-state index is 11.6. The summed E-state index contributed by atoms with van der Waals surface area (Å²) in [4.78, 5) is 13.7. The van der Waals surface area contributed by atoms with Gasteiger partial charge in [0.05, 0.1) is 0 Å². The van der Waals surface area contributed by atoms with Crippen LogP contribution in [-0.2, 0) is 4.79 Å². The highest BCUT2D eigenvalue weighted by Gasteiger charge is 2.44. The number of hydrogen-bond acceptors (Lipinski definition) is 3. The number of likely N-dealkylation sites (N-methyl/N-ethyl adjacent to an activating group) is 1. The fourth-order valence-corrected chi connectivity index (χ4v) is 2.52. The molecule has 1 rings (SSSR count). The first kappa shape index (κ1) is 14.5. The van der Waals surface area contributed by atoms with Crippen LogP contribution in [-0.4, -0.2) is 48.2 Å². The van der Waals surface area contributed by atoms with Gasteiger partial charge in [-0.05, 0) is 39.8 Å². The predicted molar refractivity (Wildman–Crippen MR) is 69.2 cm³/mol. The summed E-state index contributed by atoms with van der Waals surface area (Å²) in [6, 6.07) is 0.348. The molecule has 0 radical (unpaired) electrons. The zero-order valence-corrected chi connectivity index (χ0v) is 11.5. The molecule has 0 aliphatic heterocycles. The van der Waals surface area contributed by atoms with E-state index in [1.54, 1.807) is 0 Å². The molecule has 0 spiro atoms. The smallest absolute Gasteiger partial charge is 0.324 e. The molecule has 0 bridgehead atoms. The van der Waals surface area contributed by atoms with Crippen molar-refractivity contribution in [2.24, 2.45) is 5.92 Å². The lowest BCUT2D eigenvalue weighted by Crippen LogP contribution is -2.60. The summed E-state index contributed by atoms with van der Waals surface area (Å²) in [6.45, 7) is 4.89. The molecule has 100 valence electrons. The van der Waals surface area contributed by atoms with E-state index in [-0.39, 0.29) is 5.92 Å². The summed E-state index contributed by atoms with van der Waals surface area (Å²) >= 11 is 0. The zero-order valence-electron chi connectivity index (χ0n) is 11.5. The lowest BCUT2D eigenvalue weighted by atomic mass is 9.73. The van der Waals surface area contributed by atoms with Crippen molar-refractivity contribution in [3.63, 3.8) is 0 Å². The third kappa shape index (κ3) is 3.19. The van der Waals surface area contributed by atoms with Crippen molar-refractivity contribution < 1.29 is 9.90 Å². The fourth-order valence-electron chi connectivity index (χ4n) is 2.52. The van der Waals surface area contributed by atoms with Crippen molar-refractivity contribution in [2.75, 3.05) is 20.6 Å². The number of carboxylic acid groups (broad SMARTS) is 1. The van der Waals surface area contributed by atoms with Gasteiger partial charge < -0.3 is 15.3 Å². The van der Waals surface area contributed by atoms with Gasteiger partial charge in [0.15, 0.2) is 0 Å². The van der Waals surface area contributed by atoms with Crippen molar-refractivity contribution in [1.82, 2.24) is 10.2 Å². The Balaban J connectivity index is 2.68. The quantitative estimate of drug-likeness (QED) is 0.768. The summed E-state index contributed by atoms with van der Waals surface area (Å²) in [7, 11) is 4.04. The highest BCUT2D eigenvalue weighted by atomic mass is 16.4. The van der Waals surface area contributed by atoms with Crippen molar-refractivity contribution in [3.05, 3.63) is 0 Å². The minimum absolute atomic E-state index is 0.211. The van der Waals surface area contributed by atoms with Crippen molar-refractivity contribution in [1.29, 1.82) is 0 Å². The maximum Gasteiger partial charge on any atom is 0.324 e. The van der Waals surface area contributed by atoms with E-state index >= 15 is 0 Å². The molecule has 4 nitrogen and oxygen atoms in total. The molecular weight excluding hydrogens is 216 g/mol. The summed E-state index contributed by atoms with van der Waals surface area (Å²) in [6.07, 6.45) is 3.93. The number of nitrogens with zero attached hydrogens (tertiary/aromatic N) is 1. The van der Waals surface area contributed by atoms with Gasteiger partial charge in [0.2, 0.25) is 0 Å². The Morgan fingerprint density at radius 3 is 2.65 bits per heavy atom. The molecule has 4 heteroatoms. The lowest BCUT2D eigenvalue weighted by Gasteiger charge is -2.41. The van der Waals surface area contributed by atoms with Crippen LogP contribution < -0.4 is 5.32 Å². The van der Waals surface area contributed by atoms with Gasteiger partial charge in [-0.2, -0.15) is 0 Å². The minimum atomic E-state index is -0.706. The van der Waals surface area contributed by atoms with Crippen LogP contribution in [0.2, 0.25) is 0 Å². The van der Waals surface area contributed by atoms with Gasteiger partial charge in [0.25, 0.3) is 0 Å². The SMILES string of the molecule is CC(CNC1(C(=O)O)CCCCC1C)N(C)C. The molecule has 1 aliphatic carbocycles. The molecule has 1 saturated carbocycles. The highest BCUT2D eigenvalue weighted by molar-refractivity contribution is 5.79. The summed E-state index contributed by atoms with van der Waals surface area (Å²) in [5, 5.41) is 12.9. The van der Waals surface area contributed by atoms with E-state index in [9.17, 15) is 9.90 Å². The van der Waals surface area contributed by atoms with E-state index < -0.39 is 11.5 Å². The first-order chi connectivity index (χ1) is 7.90. The van der Waals surface area contributed by atoms with Crippen molar-refractivity contribution in [2.45, 2.75) is 51.1 Å². The molecular formula is C13H26N2O2. The van der Waals surface area contributed by atoms with Gasteiger partial charge in [-0.1, -0.05) is 19.8 Å². The van der Waals surface area contributed by atoms with Gasteiger partial charge in [0, 0.05) is 12.6 Å². The molecule has 3 unspecified atom stereocenters. The first-order valence-corrected chi connectivity index (χ1v) is 6.55. The number of carboxylic acids is 1. The van der Waals surface area contributed by atoms with Gasteiger partial charge in [-0.3, -0.25) is 4.79 Å². The standard InChI is InChI=1S/C13H26N2O2/c1-10-7-5-6-8-13(10,12(16)17)14-9-11(2)15(3)4/h10-11,14H,5-9H2,1-4H3,(H,16,17). The number of rotatable bonds is 5. The van der Waals surface area contributed by atoms with E-state index in [1.807, 2.05) is 14.1 Å². The Kier molecular flexibility index (Phi) is 4.95. The van der Waals surface area contributed by atoms with Crippen LogP contribution in [0.15, 0.2) is 0 Å². The molecule has 17 heavy (non-hydrogen) atoms. The monoisotopic (exact) mass is 242 g/mol. The zero-order chi connectivity index (χ0) is 13.1. The lowest BCUT2D eigenvalue weighted by molar-refractivity contribution is -0.149. The number of hydrogen-bond donors (Lipinski definition) is 2. The molecule has 0 amide bonds. The van der Waals surface area contributed by atoms with E-state index in [4.69, 9.17) is 0 Å². The minimum Gasteiger partial charge on any atom is -0.480 e. The highest BCUT2D eigenvalue weighted by Crippen LogP contribution is 2.33. The Morgan fingerprint density at radius 1 is 1.53 bits per heavy atom. The first-order valence-electron chi connectivity index (χ1n) is 6.55. The Bertz CT molecular complexity index is 268. The van der Waals surface area contributed by atoms with Gasteiger partial charge in [-0.15, -0.1) is 0 Å². The fraction of sp³-hybridized carbons (Fsp3) is 0.923. The Labute approximate surface area is 104 Å². The second-order valence-corrected chi connectivity index (χ2v) is 5.62. The Morgan fingerprint density at radius 2 is 2.18 bits per heavy atom. The van der Waals surface area contributed by atoms with E-state index in [0.717, 1.165) is 32.2 Å². The molecule has 3 atom stereocenters. The van der Waals surface area contributed by atoms with Crippen LogP contribution in [0.4, 0.5) is 0 Å². The van der Waals surface area contributed by atoms with Crippen molar-refractivity contribution in [3.8, 4) is 0 Å². The average molecular weight is 242 g/mol. The van der Waals surface area contributed by atoms with Crippen LogP contribution >= 0.6 is 0 Å². The Hall–Kier alpha value is -0.610. The maximum absolute atomic E-state index is 11.6. The summed E-state index contributed by atoms with van der Waals surface area (Å²) < 4.78 is 0. The average Bonchev–Trinajstić information content (AvgIpc) is 2.27. The number of carbonyl (C=O) groups is 1. The third-order valence-corrected chi connectivity index (χ3v) is 4.28. The molecule has 1 aliphatic rings. The third-order valence-electron chi connectivity index (χ3n) is 4.28. The van der Waals surface area contributed by atoms with Crippen LogP contribution in [0.25, 0.3) is 0 Å². The molecule has 0 aromatic carbocycles. The van der Waals surface area contributed by atoms with Crippen LogP contribution in [0.5, 0.6) is 0 Å². The molecule has 0 heterocycles. The molecule has 0 saturated heterocycles. The van der Waals surface area contributed by atoms with E-state index in [0.29, 0.717) is 6.04 Å². The van der Waals surface area contributed by atoms with Crippen LogP contribution in [0.1, 0.15) is 39.5 Å². The number of aliphatic carboxylic acids is 1. The second kappa shape index (κ2) is 5.83. The van der Waals surface area contributed by atoms with Crippen LogP contribution in [0.3, 0.4) is 0 Å². The molecule has 1 fully saturated rings. The predicted octanol–water partition coefficient (Wildman–Crippen LogP) is 1.56. The van der Waals surface area contributed by atoms with E-state index in [2.05, 4.69) is 24.1 Å². The number of nitrogens with one attached hydrogen (secondary N) is 1. The normalized spacial score (nSPS) is 31.5. The van der Waals surface area contributed by atoms with E-state index in [1.165, 1.54) is 0 Å². The molecule has 0 aromatic heterocycles. The summed E-state index contributed by atoms with van der Waals surface area (Å²) in [5.41, 5.74) is -0.706. The van der Waals surface area contributed by atoms with Gasteiger partial charge in [0.1, 0.15) is 5.54 Å².